The van der Waals surface area contributed by atoms with Gasteiger partial charge in [0.2, 0.25) is 5.91 Å². The number of hydrogen-bond donors (Lipinski definition) is 1. The van der Waals surface area contributed by atoms with Crippen LogP contribution in [0.5, 0.6) is 0 Å². The molecule has 204 valence electrons. The number of amides is 2. The molecule has 0 aliphatic carbocycles. The molecule has 5 heterocycles. The van der Waals surface area contributed by atoms with Crippen LogP contribution in [0.2, 0.25) is 0 Å². The number of alkyl halides is 2. The van der Waals surface area contributed by atoms with Crippen molar-refractivity contribution in [3.05, 3.63) is 53.1 Å². The molecular formula is C28H36F2N6O2. The molecule has 0 spiro atoms. The fourth-order valence-corrected chi connectivity index (χ4v) is 5.87. The van der Waals surface area contributed by atoms with Gasteiger partial charge in [0.25, 0.3) is 11.8 Å². The van der Waals surface area contributed by atoms with Crippen LogP contribution in [0, 0.1) is 0 Å². The largest absolute Gasteiger partial charge is 0.331 e. The first-order valence-electron chi connectivity index (χ1n) is 13.4. The number of nitrogens with one attached hydrogen (secondary N) is 1. The summed E-state index contributed by atoms with van der Waals surface area (Å²) in [6, 6.07) is 5.09. The highest BCUT2D eigenvalue weighted by Crippen LogP contribution is 2.43. The molecule has 2 amide bonds. The van der Waals surface area contributed by atoms with Crippen LogP contribution >= 0.6 is 0 Å². The Hall–Kier alpha value is -2.98. The number of carbonyl (C=O) groups excluding carboxylic acids is 2. The van der Waals surface area contributed by atoms with Gasteiger partial charge in [-0.3, -0.25) is 24.5 Å². The molecular weight excluding hydrogens is 490 g/mol. The Morgan fingerprint density at radius 1 is 1.29 bits per heavy atom. The number of aromatic nitrogens is 2. The van der Waals surface area contributed by atoms with Gasteiger partial charge in [-0.1, -0.05) is 27.2 Å². The van der Waals surface area contributed by atoms with E-state index < -0.39 is 11.3 Å². The average Bonchev–Trinajstić information content (AvgIpc) is 3.33. The summed E-state index contributed by atoms with van der Waals surface area (Å²) in [4.78, 5) is 40.7. The molecule has 0 bridgehead atoms. The summed E-state index contributed by atoms with van der Waals surface area (Å²) in [7, 11) is 0. The molecule has 2 atom stereocenters. The number of rotatable bonds is 7. The Kier molecular flexibility index (Phi) is 6.98. The summed E-state index contributed by atoms with van der Waals surface area (Å²) in [5.41, 5.74) is 2.05. The molecule has 38 heavy (non-hydrogen) atoms. The first-order valence-corrected chi connectivity index (χ1v) is 13.4. The third-order valence-electron chi connectivity index (χ3n) is 7.94. The summed E-state index contributed by atoms with van der Waals surface area (Å²) in [5, 5.41) is 3.47. The predicted molar refractivity (Wildman–Crippen MR) is 140 cm³/mol. The second-order valence-electron chi connectivity index (χ2n) is 11.5. The minimum absolute atomic E-state index is 0.0405. The van der Waals surface area contributed by atoms with Crippen molar-refractivity contribution in [2.24, 2.45) is 0 Å². The second-order valence-corrected chi connectivity index (χ2v) is 11.5. The molecule has 3 aliphatic rings. The van der Waals surface area contributed by atoms with Crippen LogP contribution in [0.4, 0.5) is 14.5 Å². The van der Waals surface area contributed by atoms with Crippen LogP contribution in [-0.2, 0) is 22.7 Å². The van der Waals surface area contributed by atoms with Gasteiger partial charge in [0.15, 0.2) is 0 Å². The monoisotopic (exact) mass is 526 g/mol. The van der Waals surface area contributed by atoms with Crippen LogP contribution in [0.3, 0.4) is 0 Å². The summed E-state index contributed by atoms with van der Waals surface area (Å²) in [6.07, 6.45) is 3.26. The van der Waals surface area contributed by atoms with E-state index in [0.717, 1.165) is 11.3 Å². The molecule has 3 aliphatic heterocycles. The van der Waals surface area contributed by atoms with Crippen molar-refractivity contribution >= 4 is 17.5 Å². The highest BCUT2D eigenvalue weighted by molar-refractivity contribution is 5.98. The van der Waals surface area contributed by atoms with Crippen molar-refractivity contribution in [2.45, 2.75) is 70.5 Å². The summed E-state index contributed by atoms with van der Waals surface area (Å²) >= 11 is 0. The van der Waals surface area contributed by atoms with Crippen molar-refractivity contribution in [3.63, 3.8) is 0 Å². The Morgan fingerprint density at radius 2 is 2.08 bits per heavy atom. The van der Waals surface area contributed by atoms with Crippen molar-refractivity contribution in [1.82, 2.24) is 25.1 Å². The van der Waals surface area contributed by atoms with E-state index >= 15 is 0 Å². The molecule has 8 nitrogen and oxygen atoms in total. The lowest BCUT2D eigenvalue weighted by Crippen LogP contribution is -2.60. The van der Waals surface area contributed by atoms with E-state index in [9.17, 15) is 18.4 Å². The van der Waals surface area contributed by atoms with E-state index in [1.165, 1.54) is 12.3 Å². The molecule has 2 aromatic heterocycles. The molecule has 0 aromatic carbocycles. The first kappa shape index (κ1) is 26.6. The van der Waals surface area contributed by atoms with E-state index in [1.54, 1.807) is 35.1 Å². The van der Waals surface area contributed by atoms with Gasteiger partial charge in [-0.05, 0) is 25.1 Å². The number of piperazine rings is 1. The quantitative estimate of drug-likeness (QED) is 0.596. The highest BCUT2D eigenvalue weighted by Gasteiger charge is 2.42. The fourth-order valence-electron chi connectivity index (χ4n) is 5.87. The third-order valence-corrected chi connectivity index (χ3v) is 7.94. The number of nitrogens with zero attached hydrogens (tertiary/aromatic N) is 5. The highest BCUT2D eigenvalue weighted by atomic mass is 19.3. The van der Waals surface area contributed by atoms with Gasteiger partial charge in [0, 0.05) is 68.1 Å². The fraction of sp³-hybridized carbons (Fsp3) is 0.571. The van der Waals surface area contributed by atoms with Crippen molar-refractivity contribution in [1.29, 1.82) is 0 Å². The second kappa shape index (κ2) is 9.96. The van der Waals surface area contributed by atoms with E-state index in [2.05, 4.69) is 27.1 Å². The van der Waals surface area contributed by atoms with Gasteiger partial charge in [-0.25, -0.2) is 0 Å². The van der Waals surface area contributed by atoms with Gasteiger partial charge in [-0.2, -0.15) is 8.78 Å². The molecule has 0 radical (unpaired) electrons. The molecule has 5 rings (SSSR count). The molecule has 0 saturated carbocycles. The number of anilines is 1. The maximum atomic E-state index is 14.7. The van der Waals surface area contributed by atoms with E-state index in [-0.39, 0.29) is 42.6 Å². The topological polar surface area (TPSA) is 81.7 Å². The van der Waals surface area contributed by atoms with Gasteiger partial charge in [0.1, 0.15) is 5.69 Å². The van der Waals surface area contributed by atoms with E-state index in [1.807, 2.05) is 13.8 Å². The molecule has 10 heteroatoms. The van der Waals surface area contributed by atoms with Gasteiger partial charge < -0.3 is 15.1 Å². The van der Waals surface area contributed by atoms with Crippen molar-refractivity contribution < 1.29 is 18.4 Å². The molecule has 1 saturated heterocycles. The Balaban J connectivity index is 1.35. The van der Waals surface area contributed by atoms with Crippen LogP contribution < -0.4 is 10.2 Å². The molecule has 2 aromatic rings. The van der Waals surface area contributed by atoms with E-state index in [0.29, 0.717) is 50.4 Å². The minimum atomic E-state index is -3.04. The zero-order valence-corrected chi connectivity index (χ0v) is 22.5. The normalized spacial score (nSPS) is 23.1. The summed E-state index contributed by atoms with van der Waals surface area (Å²) < 4.78 is 29.4. The van der Waals surface area contributed by atoms with Crippen molar-refractivity contribution in [3.8, 4) is 0 Å². The number of halogens is 2. The maximum absolute atomic E-state index is 14.7. The molecule has 1 fully saturated rings. The van der Waals surface area contributed by atoms with Crippen LogP contribution in [-0.4, -0.2) is 76.4 Å². The number of carbonyl (C=O) groups is 2. The van der Waals surface area contributed by atoms with Gasteiger partial charge in [-0.15, -0.1) is 0 Å². The number of hydrogen-bond acceptors (Lipinski definition) is 6. The SMILES string of the molecule is CCCC(F)(F)c1cc2c(cn1)C(C)(C)CN2C(=O)CN1C[C@@H](C)NC[C@@H]1CN1Cc2ncccc2C1=O. The predicted octanol–water partition coefficient (Wildman–Crippen LogP) is 3.31. The lowest BCUT2D eigenvalue weighted by molar-refractivity contribution is -0.120. The van der Waals surface area contributed by atoms with Gasteiger partial charge in [0.05, 0.1) is 30.0 Å². The Labute approximate surface area is 222 Å². The third kappa shape index (κ3) is 4.91. The number of fused-ring (bicyclic) bond motifs is 2. The lowest BCUT2D eigenvalue weighted by Gasteiger charge is -2.41. The maximum Gasteiger partial charge on any atom is 0.289 e. The minimum Gasteiger partial charge on any atom is -0.331 e. The van der Waals surface area contributed by atoms with Crippen LogP contribution in [0.15, 0.2) is 30.6 Å². The standard InChI is InChI=1S/C28H36F2N6O2/c1-5-8-28(29,30)24-10-23-21(12-33-24)27(3,4)17-36(23)25(37)16-34-13-18(2)32-11-19(34)14-35-15-22-20(26(35)38)7-6-9-31-22/h6-7,9-10,12,18-19,32H,5,8,11,13-17H2,1-4H3/t18-,19-/m1/s1. The Bertz CT molecular complexity index is 1240. The summed E-state index contributed by atoms with van der Waals surface area (Å²) in [5.74, 6) is -3.22. The van der Waals surface area contributed by atoms with Crippen LogP contribution in [0.25, 0.3) is 0 Å². The average molecular weight is 527 g/mol. The zero-order chi connectivity index (χ0) is 27.2. The van der Waals surface area contributed by atoms with Crippen LogP contribution in [0.1, 0.15) is 67.8 Å². The lowest BCUT2D eigenvalue weighted by atomic mass is 9.88. The van der Waals surface area contributed by atoms with E-state index in [4.69, 9.17) is 0 Å². The van der Waals surface area contributed by atoms with Crippen molar-refractivity contribution in [2.75, 3.05) is 37.6 Å². The zero-order valence-electron chi connectivity index (χ0n) is 22.5. The smallest absolute Gasteiger partial charge is 0.289 e. The van der Waals surface area contributed by atoms with Gasteiger partial charge >= 0.3 is 0 Å². The summed E-state index contributed by atoms with van der Waals surface area (Å²) in [6.45, 7) is 10.6. The molecule has 0 unspecified atom stereocenters. The molecule has 1 N–H and O–H groups in total. The Morgan fingerprint density at radius 3 is 2.82 bits per heavy atom. The first-order chi connectivity index (χ1) is 18.0. The number of pyridine rings is 2.